The second-order valence-corrected chi connectivity index (χ2v) is 7.91. The minimum absolute atomic E-state index is 0.0397. The van der Waals surface area contributed by atoms with E-state index in [9.17, 15) is 13.2 Å². The second-order valence-electron chi connectivity index (χ2n) is 6.07. The lowest BCUT2D eigenvalue weighted by Gasteiger charge is -2.36. The first kappa shape index (κ1) is 17.7. The molecule has 0 radical (unpaired) electrons. The van der Waals surface area contributed by atoms with Crippen molar-refractivity contribution < 1.29 is 13.2 Å². The van der Waals surface area contributed by atoms with Gasteiger partial charge in [0, 0.05) is 44.1 Å². The number of amides is 2. The van der Waals surface area contributed by atoms with E-state index in [0.717, 1.165) is 25.5 Å². The Balaban J connectivity index is 1.89. The van der Waals surface area contributed by atoms with Crippen molar-refractivity contribution in [2.75, 3.05) is 19.3 Å². The molecule has 2 heterocycles. The molecule has 0 aromatic carbocycles. The molecule has 0 spiro atoms. The lowest BCUT2D eigenvalue weighted by molar-refractivity contribution is 0.149. The van der Waals surface area contributed by atoms with Crippen LogP contribution in [0.3, 0.4) is 0 Å². The third-order valence-electron chi connectivity index (χ3n) is 3.88. The smallest absolute Gasteiger partial charge is 0.317 e. The van der Waals surface area contributed by atoms with E-state index in [1.54, 1.807) is 17.4 Å². The van der Waals surface area contributed by atoms with Crippen molar-refractivity contribution in [2.24, 2.45) is 0 Å². The lowest BCUT2D eigenvalue weighted by atomic mass is 10.0. The largest absolute Gasteiger partial charge is 0.335 e. The number of sulfonamides is 1. The Morgan fingerprint density at radius 2 is 2.22 bits per heavy atom. The summed E-state index contributed by atoms with van der Waals surface area (Å²) in [6.07, 6.45) is 9.15. The number of imidazole rings is 1. The van der Waals surface area contributed by atoms with Crippen LogP contribution in [0.25, 0.3) is 0 Å². The first-order valence-corrected chi connectivity index (χ1v) is 9.72. The van der Waals surface area contributed by atoms with Crippen LogP contribution in [-0.4, -0.2) is 60.3 Å². The summed E-state index contributed by atoms with van der Waals surface area (Å²) in [4.78, 5) is 18.2. The number of nitrogens with zero attached hydrogens (tertiary/aromatic N) is 3. The number of hydrogen-bond donors (Lipinski definition) is 2. The molecule has 2 rings (SSSR count). The molecule has 1 aliphatic rings. The molecule has 0 aliphatic carbocycles. The Hall–Kier alpha value is -1.61. The topological polar surface area (TPSA) is 96.3 Å². The maximum atomic E-state index is 12.5. The average Bonchev–Trinajstić information content (AvgIpc) is 2.97. The molecule has 2 atom stereocenters. The van der Waals surface area contributed by atoms with Gasteiger partial charge < -0.3 is 14.8 Å². The zero-order valence-electron chi connectivity index (χ0n) is 13.6. The SMILES string of the molecule is C[C@@H](Cn1ccnc1)NC(=O)N1CCCC[C@H]1CNS(C)(=O)=O. The van der Waals surface area contributed by atoms with Gasteiger partial charge in [-0.1, -0.05) is 0 Å². The van der Waals surface area contributed by atoms with Gasteiger partial charge in [-0.2, -0.15) is 0 Å². The van der Waals surface area contributed by atoms with E-state index in [4.69, 9.17) is 0 Å². The van der Waals surface area contributed by atoms with Crippen molar-refractivity contribution in [3.63, 3.8) is 0 Å². The molecule has 1 aromatic rings. The summed E-state index contributed by atoms with van der Waals surface area (Å²) < 4.78 is 26.9. The molecule has 1 saturated heterocycles. The average molecular weight is 343 g/mol. The molecule has 0 saturated carbocycles. The van der Waals surface area contributed by atoms with Crippen LogP contribution >= 0.6 is 0 Å². The predicted molar refractivity (Wildman–Crippen MR) is 87.4 cm³/mol. The van der Waals surface area contributed by atoms with Gasteiger partial charge in [0.15, 0.2) is 0 Å². The molecule has 0 unspecified atom stereocenters. The van der Waals surface area contributed by atoms with E-state index < -0.39 is 10.0 Å². The van der Waals surface area contributed by atoms with Crippen LogP contribution in [0.5, 0.6) is 0 Å². The number of carbonyl (C=O) groups excluding carboxylic acids is 1. The van der Waals surface area contributed by atoms with E-state index >= 15 is 0 Å². The number of aromatic nitrogens is 2. The molecule has 1 fully saturated rings. The van der Waals surface area contributed by atoms with E-state index in [2.05, 4.69) is 15.0 Å². The van der Waals surface area contributed by atoms with Crippen LogP contribution in [0, 0.1) is 0 Å². The zero-order valence-corrected chi connectivity index (χ0v) is 14.4. The molecule has 1 aromatic heterocycles. The molecule has 130 valence electrons. The van der Waals surface area contributed by atoms with Gasteiger partial charge in [0.25, 0.3) is 0 Å². The molecule has 1 aliphatic heterocycles. The molecule has 0 bridgehead atoms. The molecule has 8 nitrogen and oxygen atoms in total. The standard InChI is InChI=1S/C14H25N5O3S/c1-12(10-18-8-6-15-11-18)17-14(20)19-7-4-3-5-13(19)9-16-23(2,21)22/h6,8,11-13,16H,3-5,7,9-10H2,1-2H3,(H,17,20)/t12-,13-/m0/s1. The van der Waals surface area contributed by atoms with Gasteiger partial charge in [-0.05, 0) is 26.2 Å². The Bertz CT molecular complexity index is 602. The van der Waals surface area contributed by atoms with Crippen LogP contribution < -0.4 is 10.0 Å². The van der Waals surface area contributed by atoms with Crippen molar-refractivity contribution in [3.8, 4) is 0 Å². The quantitative estimate of drug-likeness (QED) is 0.781. The molecule has 9 heteroatoms. The fraction of sp³-hybridized carbons (Fsp3) is 0.714. The summed E-state index contributed by atoms with van der Waals surface area (Å²) in [5.41, 5.74) is 0. The van der Waals surface area contributed by atoms with Crippen LogP contribution in [0.2, 0.25) is 0 Å². The summed E-state index contributed by atoms with van der Waals surface area (Å²) in [5.74, 6) is 0. The van der Waals surface area contributed by atoms with Gasteiger partial charge in [0.1, 0.15) is 0 Å². The molecule has 2 amide bonds. The van der Waals surface area contributed by atoms with Gasteiger partial charge in [0.05, 0.1) is 12.6 Å². The molecular weight excluding hydrogens is 318 g/mol. The lowest BCUT2D eigenvalue weighted by Crippen LogP contribution is -2.54. The predicted octanol–water partition coefficient (Wildman–Crippen LogP) is 0.385. The van der Waals surface area contributed by atoms with Gasteiger partial charge in [-0.15, -0.1) is 0 Å². The third kappa shape index (κ3) is 5.83. The first-order chi connectivity index (χ1) is 10.8. The van der Waals surface area contributed by atoms with Gasteiger partial charge in [-0.3, -0.25) is 0 Å². The molecular formula is C14H25N5O3S. The van der Waals surface area contributed by atoms with Crippen LogP contribution in [-0.2, 0) is 16.6 Å². The normalized spacial score (nSPS) is 20.3. The van der Waals surface area contributed by atoms with Crippen molar-refractivity contribution in [1.29, 1.82) is 0 Å². The first-order valence-electron chi connectivity index (χ1n) is 7.82. The van der Waals surface area contributed by atoms with Gasteiger partial charge >= 0.3 is 6.03 Å². The zero-order chi connectivity index (χ0) is 16.9. The number of carbonyl (C=O) groups is 1. The number of hydrogen-bond acceptors (Lipinski definition) is 4. The number of nitrogens with one attached hydrogen (secondary N) is 2. The summed E-state index contributed by atoms with van der Waals surface area (Å²) in [6.45, 7) is 3.50. The van der Waals surface area contributed by atoms with E-state index in [1.807, 2.05) is 17.7 Å². The molecule has 23 heavy (non-hydrogen) atoms. The van der Waals surface area contributed by atoms with E-state index in [1.165, 1.54) is 0 Å². The summed E-state index contributed by atoms with van der Waals surface area (Å²) in [7, 11) is -3.25. The van der Waals surface area contributed by atoms with E-state index in [-0.39, 0.29) is 24.7 Å². The van der Waals surface area contributed by atoms with Crippen LogP contribution in [0.1, 0.15) is 26.2 Å². The second kappa shape index (κ2) is 7.78. The van der Waals surface area contributed by atoms with Gasteiger partial charge in [-0.25, -0.2) is 22.9 Å². The maximum absolute atomic E-state index is 12.5. The summed E-state index contributed by atoms with van der Waals surface area (Å²) >= 11 is 0. The highest BCUT2D eigenvalue weighted by Crippen LogP contribution is 2.17. The Kier molecular flexibility index (Phi) is 6.00. The summed E-state index contributed by atoms with van der Waals surface area (Å²) in [5, 5.41) is 2.98. The summed E-state index contributed by atoms with van der Waals surface area (Å²) in [6, 6.07) is -0.279. The highest BCUT2D eigenvalue weighted by molar-refractivity contribution is 7.88. The minimum Gasteiger partial charge on any atom is -0.335 e. The van der Waals surface area contributed by atoms with Crippen LogP contribution in [0.4, 0.5) is 4.79 Å². The molecule has 2 N–H and O–H groups in total. The van der Waals surface area contributed by atoms with Gasteiger partial charge in [0.2, 0.25) is 10.0 Å². The van der Waals surface area contributed by atoms with Crippen molar-refractivity contribution >= 4 is 16.1 Å². The van der Waals surface area contributed by atoms with E-state index in [0.29, 0.717) is 13.1 Å². The number of likely N-dealkylation sites (tertiary alicyclic amines) is 1. The number of urea groups is 1. The monoisotopic (exact) mass is 343 g/mol. The third-order valence-corrected chi connectivity index (χ3v) is 4.57. The Labute approximate surface area is 137 Å². The highest BCUT2D eigenvalue weighted by Gasteiger charge is 2.27. The Morgan fingerprint density at radius 1 is 1.43 bits per heavy atom. The fourth-order valence-corrected chi connectivity index (χ4v) is 3.27. The number of rotatable bonds is 6. The van der Waals surface area contributed by atoms with Crippen molar-refractivity contribution in [1.82, 2.24) is 24.5 Å². The highest BCUT2D eigenvalue weighted by atomic mass is 32.2. The Morgan fingerprint density at radius 3 is 2.87 bits per heavy atom. The van der Waals surface area contributed by atoms with Crippen LogP contribution in [0.15, 0.2) is 18.7 Å². The van der Waals surface area contributed by atoms with Crippen molar-refractivity contribution in [2.45, 2.75) is 44.8 Å². The minimum atomic E-state index is -3.25. The fourth-order valence-electron chi connectivity index (χ4n) is 2.78. The number of piperidine rings is 1. The van der Waals surface area contributed by atoms with Crippen molar-refractivity contribution in [3.05, 3.63) is 18.7 Å². The maximum Gasteiger partial charge on any atom is 0.317 e.